The molecule has 0 amide bonds. The van der Waals surface area contributed by atoms with Crippen molar-refractivity contribution in [3.63, 3.8) is 0 Å². The van der Waals surface area contributed by atoms with E-state index in [-0.39, 0.29) is 23.7 Å². The minimum absolute atomic E-state index is 0.0646. The van der Waals surface area contributed by atoms with Gasteiger partial charge < -0.3 is 5.11 Å². The Balaban J connectivity index is 1.53. The van der Waals surface area contributed by atoms with E-state index in [9.17, 15) is 14.7 Å². The Morgan fingerprint density at radius 2 is 2.04 bits per heavy atom. The molecule has 0 saturated heterocycles. The summed E-state index contributed by atoms with van der Waals surface area (Å²) in [6.07, 6.45) is 10.8. The Hall–Kier alpha value is -0.960. The summed E-state index contributed by atoms with van der Waals surface area (Å²) < 4.78 is 0. The van der Waals surface area contributed by atoms with E-state index in [2.05, 4.69) is 13.8 Å². The quantitative estimate of drug-likeness (QED) is 0.832. The van der Waals surface area contributed by atoms with Crippen LogP contribution < -0.4 is 0 Å². The lowest BCUT2D eigenvalue weighted by Crippen LogP contribution is -2.49. The zero-order valence-electron chi connectivity index (χ0n) is 15.5. The number of rotatable bonds is 2. The largest absolute Gasteiger partial charge is 0.389 e. The standard InChI is InChI=1S/C22H30O3/c1-13-9-18-15-3-4-16(19(25)11-23)20(15,2)7-8-22(18)12-21(22)6-5-14(24)10-17(13)21/h10,13,15-16,18,23H,3-9,11-12H2,1-2H3/t13?,15?,16?,18?,20?,21-,22+/m1/s1. The Labute approximate surface area is 150 Å². The zero-order valence-corrected chi connectivity index (χ0v) is 15.5. The van der Waals surface area contributed by atoms with Gasteiger partial charge >= 0.3 is 0 Å². The van der Waals surface area contributed by atoms with Crippen LogP contribution in [0.25, 0.3) is 0 Å². The third-order valence-electron chi connectivity index (χ3n) is 9.51. The molecule has 136 valence electrons. The maximum absolute atomic E-state index is 12.4. The highest BCUT2D eigenvalue weighted by atomic mass is 16.3. The predicted octanol–water partition coefficient (Wildman–Crippen LogP) is 3.70. The topological polar surface area (TPSA) is 54.4 Å². The molecule has 5 aliphatic carbocycles. The monoisotopic (exact) mass is 342 g/mol. The first-order valence-electron chi connectivity index (χ1n) is 10.3. The number of ketones is 2. The van der Waals surface area contributed by atoms with Gasteiger partial charge in [-0.1, -0.05) is 19.4 Å². The van der Waals surface area contributed by atoms with E-state index in [0.29, 0.717) is 34.4 Å². The fourth-order valence-corrected chi connectivity index (χ4v) is 8.40. The molecule has 0 aromatic rings. The molecule has 25 heavy (non-hydrogen) atoms. The highest BCUT2D eigenvalue weighted by Gasteiger charge is 2.77. The number of allylic oxidation sites excluding steroid dienone is 1. The Kier molecular flexibility index (Phi) is 3.15. The molecular formula is C22H30O3. The lowest BCUT2D eigenvalue weighted by molar-refractivity contribution is -0.132. The van der Waals surface area contributed by atoms with E-state index in [1.54, 1.807) is 0 Å². The fraction of sp³-hybridized carbons (Fsp3) is 0.818. The minimum Gasteiger partial charge on any atom is -0.389 e. The first kappa shape index (κ1) is 16.2. The smallest absolute Gasteiger partial charge is 0.161 e. The molecule has 3 heteroatoms. The summed E-state index contributed by atoms with van der Waals surface area (Å²) in [5.41, 5.74) is 2.31. The molecule has 0 aromatic heterocycles. The fourth-order valence-electron chi connectivity index (χ4n) is 8.40. The van der Waals surface area contributed by atoms with E-state index in [1.807, 2.05) is 6.08 Å². The predicted molar refractivity (Wildman–Crippen MR) is 94.7 cm³/mol. The first-order valence-corrected chi connectivity index (χ1v) is 10.3. The molecule has 7 atom stereocenters. The number of fused-ring (bicyclic) bond motifs is 2. The second-order valence-electron chi connectivity index (χ2n) is 10.1. The summed E-state index contributed by atoms with van der Waals surface area (Å²) in [7, 11) is 0. The summed E-state index contributed by atoms with van der Waals surface area (Å²) in [6, 6.07) is 0. The molecule has 2 spiro atoms. The van der Waals surface area contributed by atoms with Crippen LogP contribution in [0.3, 0.4) is 0 Å². The van der Waals surface area contributed by atoms with Gasteiger partial charge in [0.1, 0.15) is 6.61 Å². The highest BCUT2D eigenvalue weighted by Crippen LogP contribution is 2.85. The number of carbonyl (C=O) groups excluding carboxylic acids is 2. The number of Topliss-reactive ketones (excluding diaryl/α,β-unsaturated/α-hetero) is 1. The van der Waals surface area contributed by atoms with Crippen molar-refractivity contribution in [2.75, 3.05) is 6.61 Å². The molecule has 0 aromatic carbocycles. The Bertz CT molecular complexity index is 693. The van der Waals surface area contributed by atoms with Crippen LogP contribution in [0.1, 0.15) is 65.2 Å². The molecule has 3 nitrogen and oxygen atoms in total. The van der Waals surface area contributed by atoms with Crippen molar-refractivity contribution in [2.24, 2.45) is 39.9 Å². The summed E-state index contributed by atoms with van der Waals surface area (Å²) >= 11 is 0. The maximum Gasteiger partial charge on any atom is 0.161 e. The maximum atomic E-state index is 12.4. The number of carbonyl (C=O) groups is 2. The van der Waals surface area contributed by atoms with Gasteiger partial charge in [0.15, 0.2) is 11.6 Å². The van der Waals surface area contributed by atoms with Gasteiger partial charge in [-0.25, -0.2) is 0 Å². The van der Waals surface area contributed by atoms with Gasteiger partial charge in [0.2, 0.25) is 0 Å². The number of aliphatic hydroxyl groups is 1. The third kappa shape index (κ3) is 1.76. The van der Waals surface area contributed by atoms with Crippen LogP contribution in [0.4, 0.5) is 0 Å². The molecule has 5 unspecified atom stereocenters. The zero-order chi connectivity index (χ0) is 17.6. The normalized spacial score (nSPS) is 53.2. The molecule has 1 N–H and O–H groups in total. The van der Waals surface area contributed by atoms with E-state index in [0.717, 1.165) is 32.1 Å². The lowest BCUT2D eigenvalue weighted by atomic mass is 9.49. The third-order valence-corrected chi connectivity index (χ3v) is 9.51. The average Bonchev–Trinajstić information content (AvgIpc) is 3.11. The van der Waals surface area contributed by atoms with Crippen LogP contribution in [0.5, 0.6) is 0 Å². The highest BCUT2D eigenvalue weighted by molar-refractivity contribution is 5.92. The van der Waals surface area contributed by atoms with Crippen molar-refractivity contribution >= 4 is 11.6 Å². The van der Waals surface area contributed by atoms with Gasteiger partial charge in [0.25, 0.3) is 0 Å². The van der Waals surface area contributed by atoms with Gasteiger partial charge in [-0.05, 0) is 85.0 Å². The van der Waals surface area contributed by atoms with Gasteiger partial charge in [0, 0.05) is 12.3 Å². The molecular weight excluding hydrogens is 312 g/mol. The number of hydrogen-bond donors (Lipinski definition) is 1. The van der Waals surface area contributed by atoms with E-state index in [4.69, 9.17) is 0 Å². The van der Waals surface area contributed by atoms with Crippen molar-refractivity contribution < 1.29 is 14.7 Å². The van der Waals surface area contributed by atoms with Crippen molar-refractivity contribution in [2.45, 2.75) is 65.2 Å². The van der Waals surface area contributed by atoms with Crippen LogP contribution >= 0.6 is 0 Å². The minimum atomic E-state index is -0.294. The van der Waals surface area contributed by atoms with Crippen LogP contribution in [-0.4, -0.2) is 23.3 Å². The molecule has 5 rings (SSSR count). The Morgan fingerprint density at radius 3 is 2.80 bits per heavy atom. The molecule has 0 bridgehead atoms. The molecule has 0 aliphatic heterocycles. The van der Waals surface area contributed by atoms with E-state index < -0.39 is 0 Å². The molecule has 5 aliphatic rings. The van der Waals surface area contributed by atoms with Crippen molar-refractivity contribution in [1.82, 2.24) is 0 Å². The summed E-state index contributed by atoms with van der Waals surface area (Å²) in [6.45, 7) is 4.37. The summed E-state index contributed by atoms with van der Waals surface area (Å²) in [5.74, 6) is 2.32. The average molecular weight is 342 g/mol. The van der Waals surface area contributed by atoms with Crippen molar-refractivity contribution in [1.29, 1.82) is 0 Å². The summed E-state index contributed by atoms with van der Waals surface area (Å²) in [4.78, 5) is 24.4. The Morgan fingerprint density at radius 1 is 1.24 bits per heavy atom. The van der Waals surface area contributed by atoms with Gasteiger partial charge in [-0.15, -0.1) is 0 Å². The lowest BCUT2D eigenvalue weighted by Gasteiger charge is -2.55. The molecule has 0 heterocycles. The van der Waals surface area contributed by atoms with E-state index >= 15 is 0 Å². The van der Waals surface area contributed by atoms with Crippen molar-refractivity contribution in [3.05, 3.63) is 11.6 Å². The second-order valence-corrected chi connectivity index (χ2v) is 10.1. The van der Waals surface area contributed by atoms with Crippen molar-refractivity contribution in [3.8, 4) is 0 Å². The van der Waals surface area contributed by atoms with E-state index in [1.165, 1.54) is 24.8 Å². The molecule has 0 radical (unpaired) electrons. The molecule has 4 fully saturated rings. The number of aliphatic hydroxyl groups excluding tert-OH is 1. The van der Waals surface area contributed by atoms with Crippen LogP contribution in [0.15, 0.2) is 11.6 Å². The summed E-state index contributed by atoms with van der Waals surface area (Å²) in [5, 5.41) is 9.42. The van der Waals surface area contributed by atoms with Gasteiger partial charge in [-0.3, -0.25) is 9.59 Å². The second kappa shape index (κ2) is 4.85. The van der Waals surface area contributed by atoms with Crippen LogP contribution in [-0.2, 0) is 9.59 Å². The SMILES string of the molecule is CC1CC2C3CCC(C(=O)CO)C3(C)CC[C@]23C[C@@]32CCC(=O)C=C12. The van der Waals surface area contributed by atoms with Gasteiger partial charge in [0.05, 0.1) is 0 Å². The van der Waals surface area contributed by atoms with Gasteiger partial charge in [-0.2, -0.15) is 0 Å². The number of hydrogen-bond acceptors (Lipinski definition) is 3. The molecule has 4 saturated carbocycles. The van der Waals surface area contributed by atoms with Crippen LogP contribution in [0.2, 0.25) is 0 Å². The first-order chi connectivity index (χ1) is 11.9. The van der Waals surface area contributed by atoms with Crippen LogP contribution in [0, 0.1) is 39.9 Å².